The van der Waals surface area contributed by atoms with Gasteiger partial charge in [0.05, 0.1) is 4.92 Å². The van der Waals surface area contributed by atoms with Gasteiger partial charge in [0.1, 0.15) is 0 Å². The van der Waals surface area contributed by atoms with Crippen LogP contribution in [0, 0.1) is 16.0 Å². The molecule has 0 aromatic heterocycles. The minimum atomic E-state index is -0.305. The number of para-hydroxylation sites is 1. The first kappa shape index (κ1) is 16.9. The number of hydrogen-bond donors (Lipinski definition) is 1. The van der Waals surface area contributed by atoms with E-state index >= 15 is 0 Å². The summed E-state index contributed by atoms with van der Waals surface area (Å²) in [4.78, 5) is 13.0. The summed E-state index contributed by atoms with van der Waals surface area (Å²) in [5.41, 5.74) is 6.84. The molecule has 20 heavy (non-hydrogen) atoms. The number of benzene rings is 1. The first-order valence-electron chi connectivity index (χ1n) is 6.80. The summed E-state index contributed by atoms with van der Waals surface area (Å²) in [5, 5.41) is 11.0. The lowest BCUT2D eigenvalue weighted by atomic mass is 9.90. The second-order valence-electron chi connectivity index (χ2n) is 5.28. The van der Waals surface area contributed by atoms with Gasteiger partial charge in [0.15, 0.2) is 0 Å². The van der Waals surface area contributed by atoms with E-state index in [1.807, 2.05) is 12.1 Å². The summed E-state index contributed by atoms with van der Waals surface area (Å²) in [5.74, 6) is 0.557. The lowest BCUT2D eigenvalue weighted by Crippen LogP contribution is -2.48. The number of nitrogens with two attached hydrogens (primary N) is 1. The van der Waals surface area contributed by atoms with E-state index < -0.39 is 0 Å². The van der Waals surface area contributed by atoms with Crippen molar-refractivity contribution in [2.45, 2.75) is 32.4 Å². The van der Waals surface area contributed by atoms with Crippen LogP contribution in [-0.4, -0.2) is 29.0 Å². The fourth-order valence-corrected chi connectivity index (χ4v) is 2.95. The van der Waals surface area contributed by atoms with Crippen LogP contribution in [0.15, 0.2) is 24.3 Å². The second kappa shape index (κ2) is 7.57. The van der Waals surface area contributed by atoms with Gasteiger partial charge in [0.2, 0.25) is 0 Å². The molecule has 0 saturated carbocycles. The van der Waals surface area contributed by atoms with E-state index in [2.05, 4.69) is 11.8 Å². The maximum absolute atomic E-state index is 11.0. The van der Waals surface area contributed by atoms with Crippen LogP contribution < -0.4 is 5.73 Å². The molecule has 0 radical (unpaired) electrons. The molecule has 0 amide bonds. The predicted molar refractivity (Wildman–Crippen MR) is 82.0 cm³/mol. The number of hydrogen-bond acceptors (Lipinski definition) is 4. The van der Waals surface area contributed by atoms with Gasteiger partial charge >= 0.3 is 0 Å². The quantitative estimate of drug-likeness (QED) is 0.685. The molecule has 1 saturated heterocycles. The Kier molecular flexibility index (Phi) is 6.39. The molecule has 0 aliphatic carbocycles. The van der Waals surface area contributed by atoms with Gasteiger partial charge in [0, 0.05) is 30.8 Å². The minimum absolute atomic E-state index is 0. The van der Waals surface area contributed by atoms with Gasteiger partial charge in [-0.25, -0.2) is 0 Å². The van der Waals surface area contributed by atoms with Crippen molar-refractivity contribution in [1.82, 2.24) is 4.90 Å². The Labute approximate surface area is 125 Å². The third kappa shape index (κ3) is 3.69. The summed E-state index contributed by atoms with van der Waals surface area (Å²) < 4.78 is 0. The highest BCUT2D eigenvalue weighted by atomic mass is 35.5. The van der Waals surface area contributed by atoms with Gasteiger partial charge in [-0.1, -0.05) is 25.1 Å². The second-order valence-corrected chi connectivity index (χ2v) is 5.28. The largest absolute Gasteiger partial charge is 0.329 e. The van der Waals surface area contributed by atoms with Crippen molar-refractivity contribution in [2.75, 3.05) is 13.1 Å². The Morgan fingerprint density at radius 1 is 1.45 bits per heavy atom. The highest BCUT2D eigenvalue weighted by Crippen LogP contribution is 2.27. The number of halogens is 1. The average Bonchev–Trinajstić information content (AvgIpc) is 2.39. The summed E-state index contributed by atoms with van der Waals surface area (Å²) >= 11 is 0. The number of rotatable bonds is 4. The first-order chi connectivity index (χ1) is 9.13. The molecule has 1 aliphatic rings. The van der Waals surface area contributed by atoms with Gasteiger partial charge in [-0.3, -0.25) is 15.0 Å². The van der Waals surface area contributed by atoms with E-state index in [0.29, 0.717) is 25.0 Å². The van der Waals surface area contributed by atoms with Crippen molar-refractivity contribution in [3.05, 3.63) is 39.9 Å². The third-order valence-corrected chi connectivity index (χ3v) is 4.03. The standard InChI is InChI=1S/C14H21N3O2.ClH/c1-11-5-4-8-16(14(11)9-15)10-12-6-2-3-7-13(12)17(18)19;/h2-3,6-7,11,14H,4-5,8-10,15H2,1H3;1H. The zero-order chi connectivity index (χ0) is 13.8. The van der Waals surface area contributed by atoms with Crippen LogP contribution in [0.5, 0.6) is 0 Å². The molecule has 5 nitrogen and oxygen atoms in total. The van der Waals surface area contributed by atoms with E-state index in [1.165, 1.54) is 6.42 Å². The zero-order valence-corrected chi connectivity index (χ0v) is 12.5. The number of likely N-dealkylation sites (tertiary alicyclic amines) is 1. The predicted octanol–water partition coefficient (Wildman–Crippen LogP) is 2.58. The molecule has 112 valence electrons. The number of nitrogens with zero attached hydrogens (tertiary/aromatic N) is 2. The maximum Gasteiger partial charge on any atom is 0.273 e. The Balaban J connectivity index is 0.00000200. The van der Waals surface area contributed by atoms with Crippen molar-refractivity contribution < 1.29 is 4.92 Å². The summed E-state index contributed by atoms with van der Waals surface area (Å²) in [6.07, 6.45) is 2.33. The lowest BCUT2D eigenvalue weighted by Gasteiger charge is -2.39. The smallest absolute Gasteiger partial charge is 0.273 e. The van der Waals surface area contributed by atoms with Crippen molar-refractivity contribution in [1.29, 1.82) is 0 Å². The molecule has 2 unspecified atom stereocenters. The Morgan fingerprint density at radius 2 is 2.15 bits per heavy atom. The van der Waals surface area contributed by atoms with E-state index in [9.17, 15) is 10.1 Å². The average molecular weight is 300 g/mol. The fourth-order valence-electron chi connectivity index (χ4n) is 2.95. The zero-order valence-electron chi connectivity index (χ0n) is 11.7. The SMILES string of the molecule is CC1CCCN(Cc2ccccc2[N+](=O)[O-])C1CN.Cl. The molecule has 6 heteroatoms. The molecule has 1 heterocycles. The number of nitro benzene ring substituents is 1. The monoisotopic (exact) mass is 299 g/mol. The van der Waals surface area contributed by atoms with Gasteiger partial charge in [0.25, 0.3) is 5.69 Å². The summed E-state index contributed by atoms with van der Waals surface area (Å²) in [6, 6.07) is 7.30. The van der Waals surface area contributed by atoms with Gasteiger partial charge < -0.3 is 5.73 Å². The van der Waals surface area contributed by atoms with Crippen LogP contribution in [0.3, 0.4) is 0 Å². The lowest BCUT2D eigenvalue weighted by molar-refractivity contribution is -0.385. The number of piperidine rings is 1. The fraction of sp³-hybridized carbons (Fsp3) is 0.571. The van der Waals surface area contributed by atoms with Crippen molar-refractivity contribution in [3.8, 4) is 0 Å². The Hall–Kier alpha value is -1.17. The van der Waals surface area contributed by atoms with Crippen LogP contribution >= 0.6 is 12.4 Å². The summed E-state index contributed by atoms with van der Waals surface area (Å²) in [6.45, 7) is 4.41. The van der Waals surface area contributed by atoms with E-state index in [0.717, 1.165) is 18.5 Å². The first-order valence-corrected chi connectivity index (χ1v) is 6.80. The van der Waals surface area contributed by atoms with Crippen LogP contribution in [0.25, 0.3) is 0 Å². The van der Waals surface area contributed by atoms with Gasteiger partial charge in [-0.05, 0) is 25.3 Å². The van der Waals surface area contributed by atoms with E-state index in [-0.39, 0.29) is 23.0 Å². The molecule has 2 N–H and O–H groups in total. The van der Waals surface area contributed by atoms with Crippen LogP contribution in [0.2, 0.25) is 0 Å². The molecule has 1 aromatic rings. The molecule has 1 fully saturated rings. The van der Waals surface area contributed by atoms with E-state index in [4.69, 9.17) is 5.73 Å². The Morgan fingerprint density at radius 3 is 2.80 bits per heavy atom. The molecule has 2 rings (SSSR count). The number of nitro groups is 1. The molecule has 1 aliphatic heterocycles. The van der Waals surface area contributed by atoms with Crippen LogP contribution in [-0.2, 0) is 6.54 Å². The molecule has 2 atom stereocenters. The topological polar surface area (TPSA) is 72.4 Å². The molecular weight excluding hydrogens is 278 g/mol. The molecule has 0 bridgehead atoms. The van der Waals surface area contributed by atoms with Crippen molar-refractivity contribution >= 4 is 18.1 Å². The summed E-state index contributed by atoms with van der Waals surface area (Å²) in [7, 11) is 0. The molecular formula is C14H22ClN3O2. The van der Waals surface area contributed by atoms with Gasteiger partial charge in [-0.15, -0.1) is 12.4 Å². The highest BCUT2D eigenvalue weighted by molar-refractivity contribution is 5.85. The molecule has 1 aromatic carbocycles. The third-order valence-electron chi connectivity index (χ3n) is 4.03. The van der Waals surface area contributed by atoms with Gasteiger partial charge in [-0.2, -0.15) is 0 Å². The van der Waals surface area contributed by atoms with Crippen LogP contribution in [0.1, 0.15) is 25.3 Å². The van der Waals surface area contributed by atoms with Crippen LogP contribution in [0.4, 0.5) is 5.69 Å². The van der Waals surface area contributed by atoms with Crippen molar-refractivity contribution in [3.63, 3.8) is 0 Å². The highest BCUT2D eigenvalue weighted by Gasteiger charge is 2.28. The normalized spacial score (nSPS) is 23.1. The minimum Gasteiger partial charge on any atom is -0.329 e. The van der Waals surface area contributed by atoms with E-state index in [1.54, 1.807) is 12.1 Å². The maximum atomic E-state index is 11.0. The molecule has 0 spiro atoms. The van der Waals surface area contributed by atoms with Crippen molar-refractivity contribution in [2.24, 2.45) is 11.7 Å². The Bertz CT molecular complexity index is 456.